The van der Waals surface area contributed by atoms with Gasteiger partial charge in [-0.05, 0) is 113 Å². The highest BCUT2D eigenvalue weighted by molar-refractivity contribution is 5.95. The first-order valence-electron chi connectivity index (χ1n) is 21.1. The summed E-state index contributed by atoms with van der Waals surface area (Å²) in [4.78, 5) is 71.6. The van der Waals surface area contributed by atoms with Crippen LogP contribution < -0.4 is 27.4 Å². The summed E-state index contributed by atoms with van der Waals surface area (Å²) in [5.41, 5.74) is 14.0. The van der Waals surface area contributed by atoms with E-state index in [-0.39, 0.29) is 29.7 Å². The van der Waals surface area contributed by atoms with E-state index >= 15 is 0 Å². The fourth-order valence-corrected chi connectivity index (χ4v) is 8.86. The van der Waals surface area contributed by atoms with Crippen LogP contribution in [0.5, 0.6) is 0 Å². The Kier molecular flexibility index (Phi) is 16.1. The van der Waals surface area contributed by atoms with E-state index in [2.05, 4.69) is 20.9 Å². The number of benzene rings is 2. The van der Waals surface area contributed by atoms with Crippen molar-refractivity contribution in [2.75, 3.05) is 26.2 Å². The molecule has 0 aromatic heterocycles. The highest BCUT2D eigenvalue weighted by Crippen LogP contribution is 2.52. The minimum Gasteiger partial charge on any atom is -0.480 e. The van der Waals surface area contributed by atoms with Gasteiger partial charge in [0.2, 0.25) is 23.6 Å². The molecule has 5 rings (SSSR count). The van der Waals surface area contributed by atoms with Gasteiger partial charge in [0.25, 0.3) is 0 Å². The van der Waals surface area contributed by atoms with E-state index in [4.69, 9.17) is 11.5 Å². The van der Waals surface area contributed by atoms with Gasteiger partial charge in [0, 0.05) is 25.6 Å². The largest absolute Gasteiger partial charge is 0.480 e. The zero-order valence-corrected chi connectivity index (χ0v) is 33.9. The molecule has 1 saturated carbocycles. The smallest absolute Gasteiger partial charge is 0.320 e. The molecule has 0 radical (unpaired) electrons. The molecule has 8 N–H and O–H groups in total. The molecule has 2 aromatic rings. The lowest BCUT2D eigenvalue weighted by Gasteiger charge is -2.55. The third-order valence-corrected chi connectivity index (χ3v) is 12.3. The SMILES string of the molecule is CC(C)CC[C@@H](NC(=O)[C@@H](Cc1ccccc1)NC(=O)[C@H](N)Cc1ccccc1)C(=O)N[C@H](CCCCN)C(=O)N1CCC2(CC1)CC(N1CCC[C@@H]1C(=O)O)C2. The first kappa shape index (κ1) is 43.8. The Labute approximate surface area is 338 Å². The van der Waals surface area contributed by atoms with E-state index in [1.807, 2.05) is 79.4 Å². The van der Waals surface area contributed by atoms with Gasteiger partial charge in [-0.15, -0.1) is 0 Å². The molecule has 2 saturated heterocycles. The monoisotopic (exact) mass is 787 g/mol. The Morgan fingerprint density at radius 1 is 0.754 bits per heavy atom. The van der Waals surface area contributed by atoms with Gasteiger partial charge < -0.3 is 37.4 Å². The van der Waals surface area contributed by atoms with Crippen molar-refractivity contribution in [1.29, 1.82) is 0 Å². The Balaban J connectivity index is 1.24. The predicted molar refractivity (Wildman–Crippen MR) is 220 cm³/mol. The second kappa shape index (κ2) is 20.9. The number of amides is 4. The molecule has 4 amide bonds. The maximum Gasteiger partial charge on any atom is 0.320 e. The summed E-state index contributed by atoms with van der Waals surface area (Å²) >= 11 is 0. The van der Waals surface area contributed by atoms with Gasteiger partial charge in [-0.2, -0.15) is 0 Å². The van der Waals surface area contributed by atoms with Crippen LogP contribution in [-0.2, 0) is 36.8 Å². The third-order valence-electron chi connectivity index (χ3n) is 12.3. The molecule has 312 valence electrons. The first-order valence-corrected chi connectivity index (χ1v) is 21.1. The van der Waals surface area contributed by atoms with E-state index in [9.17, 15) is 29.1 Å². The molecular formula is C44H65N7O6. The number of piperidine rings is 1. The quantitative estimate of drug-likeness (QED) is 0.109. The second-order valence-electron chi connectivity index (χ2n) is 17.0. The van der Waals surface area contributed by atoms with Gasteiger partial charge in [0.1, 0.15) is 24.2 Å². The van der Waals surface area contributed by atoms with Gasteiger partial charge in [-0.3, -0.25) is 28.9 Å². The summed E-state index contributed by atoms with van der Waals surface area (Å²) in [7, 11) is 0. The summed E-state index contributed by atoms with van der Waals surface area (Å²) in [6, 6.07) is 15.1. The fraction of sp³-hybridized carbons (Fsp3) is 0.614. The Hall–Kier alpha value is -4.33. The molecule has 57 heavy (non-hydrogen) atoms. The standard InChI is InChI=1S/C44H65N7O6/c1-30(2)18-19-35(47-41(54)37(27-32-14-7-4-8-15-32)49-39(52)34(46)26-31-12-5-3-6-13-31)40(53)48-36(16-9-10-22-45)42(55)50-24-20-44(21-25-50)28-33(29-44)51-23-11-17-38(51)43(56)57/h3-8,12-15,30,33-38H,9-11,16-29,45-46H2,1-2H3,(H,47,54)(H,48,53)(H,49,52)(H,56,57)/t34-,35-,36-,37-,38-/m1/s1. The Morgan fingerprint density at radius 2 is 1.33 bits per heavy atom. The molecule has 2 aromatic carbocycles. The Morgan fingerprint density at radius 3 is 1.93 bits per heavy atom. The van der Waals surface area contributed by atoms with E-state index in [0.29, 0.717) is 64.6 Å². The lowest BCUT2D eigenvalue weighted by atomic mass is 9.60. The molecule has 1 aliphatic carbocycles. The number of carbonyl (C=O) groups is 5. The van der Waals surface area contributed by atoms with Crippen LogP contribution in [0.1, 0.15) is 95.6 Å². The topological polar surface area (TPSA) is 200 Å². The average Bonchev–Trinajstić information content (AvgIpc) is 3.68. The number of carboxylic acids is 1. The summed E-state index contributed by atoms with van der Waals surface area (Å²) < 4.78 is 0. The van der Waals surface area contributed by atoms with Gasteiger partial charge in [0.05, 0.1) is 6.04 Å². The number of nitrogens with one attached hydrogen (secondary N) is 3. The average molecular weight is 788 g/mol. The molecule has 1 spiro atoms. The molecule has 3 aliphatic rings. The highest BCUT2D eigenvalue weighted by atomic mass is 16.4. The summed E-state index contributed by atoms with van der Waals surface area (Å²) in [6.45, 7) is 6.56. The Bertz CT molecular complexity index is 1630. The summed E-state index contributed by atoms with van der Waals surface area (Å²) in [5.74, 6) is -2.02. The van der Waals surface area contributed by atoms with Gasteiger partial charge in [-0.1, -0.05) is 74.5 Å². The number of unbranched alkanes of at least 4 members (excludes halogenated alkanes) is 1. The lowest BCUT2D eigenvalue weighted by molar-refractivity contribution is -0.147. The van der Waals surface area contributed by atoms with Crippen molar-refractivity contribution < 1.29 is 29.1 Å². The van der Waals surface area contributed by atoms with Crippen LogP contribution >= 0.6 is 0 Å². The lowest BCUT2D eigenvalue weighted by Crippen LogP contribution is -2.60. The van der Waals surface area contributed by atoms with Crippen molar-refractivity contribution in [2.45, 2.75) is 134 Å². The number of nitrogens with zero attached hydrogens (tertiary/aromatic N) is 2. The van der Waals surface area contributed by atoms with Crippen LogP contribution in [0, 0.1) is 11.3 Å². The molecule has 13 heteroatoms. The van der Waals surface area contributed by atoms with Gasteiger partial charge in [0.15, 0.2) is 0 Å². The molecular weight excluding hydrogens is 723 g/mol. The van der Waals surface area contributed by atoms with E-state index < -0.39 is 53.9 Å². The number of carboxylic acid groups (broad SMARTS) is 1. The van der Waals surface area contributed by atoms with E-state index in [1.165, 1.54) is 0 Å². The maximum absolute atomic E-state index is 14.2. The normalized spacial score (nSPS) is 20.3. The number of aliphatic carboxylic acids is 1. The number of rotatable bonds is 20. The molecule has 2 heterocycles. The minimum absolute atomic E-state index is 0.120. The second-order valence-corrected chi connectivity index (χ2v) is 17.0. The van der Waals surface area contributed by atoms with E-state index in [1.54, 1.807) is 0 Å². The predicted octanol–water partition coefficient (Wildman–Crippen LogP) is 3.14. The number of hydrogen-bond donors (Lipinski definition) is 6. The highest BCUT2D eigenvalue weighted by Gasteiger charge is 2.51. The van der Waals surface area contributed by atoms with E-state index in [0.717, 1.165) is 49.8 Å². The van der Waals surface area contributed by atoms with Crippen molar-refractivity contribution >= 4 is 29.6 Å². The van der Waals surface area contributed by atoms with Crippen molar-refractivity contribution in [3.05, 3.63) is 71.8 Å². The van der Waals surface area contributed by atoms with Crippen LogP contribution in [0.4, 0.5) is 0 Å². The molecule has 3 fully saturated rings. The van der Waals surface area contributed by atoms with Crippen molar-refractivity contribution in [1.82, 2.24) is 25.8 Å². The van der Waals surface area contributed by atoms with Gasteiger partial charge >= 0.3 is 5.97 Å². The minimum atomic E-state index is -0.995. The van der Waals surface area contributed by atoms with Crippen LogP contribution in [0.25, 0.3) is 0 Å². The number of likely N-dealkylation sites (tertiary alicyclic amines) is 2. The van der Waals surface area contributed by atoms with Crippen molar-refractivity contribution in [2.24, 2.45) is 22.8 Å². The first-order chi connectivity index (χ1) is 27.4. The molecule has 5 atom stereocenters. The van der Waals surface area contributed by atoms with Crippen molar-refractivity contribution in [3.8, 4) is 0 Å². The van der Waals surface area contributed by atoms with Crippen LogP contribution in [0.15, 0.2) is 60.7 Å². The number of hydrogen-bond acceptors (Lipinski definition) is 8. The molecule has 0 bridgehead atoms. The third kappa shape index (κ3) is 12.3. The summed E-state index contributed by atoms with van der Waals surface area (Å²) in [6.07, 6.45) is 8.52. The number of nitrogens with two attached hydrogens (primary N) is 2. The zero-order chi connectivity index (χ0) is 41.0. The molecule has 13 nitrogen and oxygen atoms in total. The fourth-order valence-electron chi connectivity index (χ4n) is 8.86. The van der Waals surface area contributed by atoms with Crippen molar-refractivity contribution in [3.63, 3.8) is 0 Å². The van der Waals surface area contributed by atoms with Crippen LogP contribution in [-0.4, -0.2) is 107 Å². The zero-order valence-electron chi connectivity index (χ0n) is 33.9. The maximum atomic E-state index is 14.2. The van der Waals surface area contributed by atoms with Gasteiger partial charge in [-0.25, -0.2) is 0 Å². The van der Waals surface area contributed by atoms with Crippen LogP contribution in [0.3, 0.4) is 0 Å². The summed E-state index contributed by atoms with van der Waals surface area (Å²) in [5, 5.41) is 18.5. The molecule has 0 unspecified atom stereocenters. The van der Waals surface area contributed by atoms with Crippen LogP contribution in [0.2, 0.25) is 0 Å². The molecule has 2 aliphatic heterocycles. The number of carbonyl (C=O) groups excluding carboxylic acids is 4.